The number of anilines is 4. The van der Waals surface area contributed by atoms with Crippen molar-refractivity contribution in [1.82, 2.24) is 9.97 Å². The van der Waals surface area contributed by atoms with Crippen LogP contribution in [-0.2, 0) is 4.74 Å². The minimum Gasteiger partial charge on any atom is -0.465 e. The monoisotopic (exact) mass is 348 g/mol. The van der Waals surface area contributed by atoms with Crippen LogP contribution in [0.25, 0.3) is 0 Å². The summed E-state index contributed by atoms with van der Waals surface area (Å²) in [6.45, 7) is 2.85. The summed E-state index contributed by atoms with van der Waals surface area (Å²) in [5, 5.41) is 3.21. The van der Waals surface area contributed by atoms with Crippen LogP contribution < -0.4 is 10.2 Å². The van der Waals surface area contributed by atoms with E-state index in [0.717, 1.165) is 23.7 Å². The second-order valence-corrected chi connectivity index (χ2v) is 5.54. The zero-order chi connectivity index (χ0) is 18.4. The van der Waals surface area contributed by atoms with Gasteiger partial charge < -0.3 is 15.0 Å². The van der Waals surface area contributed by atoms with Gasteiger partial charge in [-0.15, -0.1) is 0 Å². The highest BCUT2D eigenvalue weighted by atomic mass is 16.5. The number of carbonyl (C=O) groups is 1. The van der Waals surface area contributed by atoms with E-state index in [1.165, 1.54) is 13.4 Å². The second-order valence-electron chi connectivity index (χ2n) is 5.54. The second kappa shape index (κ2) is 8.11. The van der Waals surface area contributed by atoms with Crippen molar-refractivity contribution < 1.29 is 9.53 Å². The Bertz CT molecular complexity index is 884. The van der Waals surface area contributed by atoms with Crippen molar-refractivity contribution in [3.63, 3.8) is 0 Å². The number of aromatic nitrogens is 2. The van der Waals surface area contributed by atoms with Crippen LogP contribution in [0.2, 0.25) is 0 Å². The molecule has 0 aliphatic carbocycles. The quantitative estimate of drug-likeness (QED) is 0.675. The van der Waals surface area contributed by atoms with Crippen molar-refractivity contribution in [1.29, 1.82) is 0 Å². The summed E-state index contributed by atoms with van der Waals surface area (Å²) in [6.07, 6.45) is 1.52. The molecule has 0 aliphatic rings. The lowest BCUT2D eigenvalue weighted by Gasteiger charge is -2.22. The molecule has 0 amide bonds. The lowest BCUT2D eigenvalue weighted by atomic mass is 10.2. The summed E-state index contributed by atoms with van der Waals surface area (Å²) in [5.41, 5.74) is 2.29. The summed E-state index contributed by atoms with van der Waals surface area (Å²) in [4.78, 5) is 22.4. The number of nitrogens with one attached hydrogen (secondary N) is 1. The maximum absolute atomic E-state index is 11.7. The van der Waals surface area contributed by atoms with E-state index in [2.05, 4.69) is 27.1 Å². The van der Waals surface area contributed by atoms with Gasteiger partial charge in [0.15, 0.2) is 0 Å². The summed E-state index contributed by atoms with van der Waals surface area (Å²) < 4.78 is 4.76. The molecule has 6 heteroatoms. The van der Waals surface area contributed by atoms with Gasteiger partial charge in [0.25, 0.3) is 0 Å². The summed E-state index contributed by atoms with van der Waals surface area (Å²) >= 11 is 0. The molecule has 0 fully saturated rings. The molecule has 132 valence electrons. The fraction of sp³-hybridized carbons (Fsp3) is 0.150. The number of methoxy groups -OCH3 is 1. The van der Waals surface area contributed by atoms with E-state index in [9.17, 15) is 4.79 Å². The highest BCUT2D eigenvalue weighted by molar-refractivity contribution is 5.90. The van der Waals surface area contributed by atoms with E-state index in [-0.39, 0.29) is 5.97 Å². The molecule has 1 N–H and O–H groups in total. The largest absolute Gasteiger partial charge is 0.465 e. The molecular formula is C20H20N4O2. The highest BCUT2D eigenvalue weighted by Crippen LogP contribution is 2.25. The minimum absolute atomic E-state index is 0.377. The average molecular weight is 348 g/mol. The van der Waals surface area contributed by atoms with Crippen LogP contribution in [0.3, 0.4) is 0 Å². The van der Waals surface area contributed by atoms with Gasteiger partial charge in [-0.1, -0.05) is 24.3 Å². The summed E-state index contributed by atoms with van der Waals surface area (Å²) in [7, 11) is 1.36. The zero-order valence-electron chi connectivity index (χ0n) is 14.7. The predicted octanol–water partition coefficient (Wildman–Crippen LogP) is 4.16. The molecule has 0 radical (unpaired) electrons. The molecule has 0 spiro atoms. The van der Waals surface area contributed by atoms with Gasteiger partial charge in [-0.25, -0.2) is 14.8 Å². The molecule has 2 aromatic carbocycles. The van der Waals surface area contributed by atoms with Gasteiger partial charge in [-0.3, -0.25) is 0 Å². The Kier molecular flexibility index (Phi) is 5.43. The van der Waals surface area contributed by atoms with Gasteiger partial charge in [-0.05, 0) is 37.3 Å². The van der Waals surface area contributed by atoms with Crippen LogP contribution in [0.15, 0.2) is 67.0 Å². The molecule has 3 aromatic rings. The Morgan fingerprint density at radius 3 is 2.62 bits per heavy atom. The van der Waals surface area contributed by atoms with Crippen LogP contribution >= 0.6 is 0 Å². The number of carbonyl (C=O) groups excluding carboxylic acids is 1. The maximum atomic E-state index is 11.7. The van der Waals surface area contributed by atoms with E-state index in [0.29, 0.717) is 11.4 Å². The van der Waals surface area contributed by atoms with Gasteiger partial charge in [0.1, 0.15) is 18.0 Å². The Morgan fingerprint density at radius 2 is 1.88 bits per heavy atom. The SMILES string of the molecule is CCN(c1ccccc1)c1cc(Nc2cccc(C(=O)OC)c2)ncn1. The third-order valence-electron chi connectivity index (χ3n) is 3.87. The molecule has 6 nitrogen and oxygen atoms in total. The van der Waals surface area contributed by atoms with Crippen molar-refractivity contribution >= 4 is 29.0 Å². The minimum atomic E-state index is -0.377. The maximum Gasteiger partial charge on any atom is 0.337 e. The molecular weight excluding hydrogens is 328 g/mol. The molecule has 0 atom stereocenters. The first-order valence-electron chi connectivity index (χ1n) is 8.31. The van der Waals surface area contributed by atoms with Crippen LogP contribution in [0.5, 0.6) is 0 Å². The number of nitrogens with zero attached hydrogens (tertiary/aromatic N) is 3. The number of hydrogen-bond donors (Lipinski definition) is 1. The fourth-order valence-corrected chi connectivity index (χ4v) is 2.64. The van der Waals surface area contributed by atoms with E-state index in [1.54, 1.807) is 18.2 Å². The van der Waals surface area contributed by atoms with Gasteiger partial charge in [0.2, 0.25) is 0 Å². The third kappa shape index (κ3) is 3.97. The van der Waals surface area contributed by atoms with Crippen LogP contribution in [0, 0.1) is 0 Å². The van der Waals surface area contributed by atoms with Crippen LogP contribution in [0.1, 0.15) is 17.3 Å². The van der Waals surface area contributed by atoms with Gasteiger partial charge in [-0.2, -0.15) is 0 Å². The van der Waals surface area contributed by atoms with Crippen LogP contribution in [0.4, 0.5) is 23.0 Å². The molecule has 0 unspecified atom stereocenters. The number of hydrogen-bond acceptors (Lipinski definition) is 6. The number of benzene rings is 2. The standard InChI is InChI=1S/C20H20N4O2/c1-3-24(17-10-5-4-6-11-17)19-13-18(21-14-22-19)23-16-9-7-8-15(12-16)20(25)26-2/h4-14H,3H2,1-2H3,(H,21,22,23). The van der Waals surface area contributed by atoms with Crippen molar-refractivity contribution in [2.24, 2.45) is 0 Å². The molecule has 0 saturated carbocycles. The number of para-hydroxylation sites is 1. The van der Waals surface area contributed by atoms with Crippen molar-refractivity contribution in [3.8, 4) is 0 Å². The normalized spacial score (nSPS) is 10.2. The first-order chi connectivity index (χ1) is 12.7. The first kappa shape index (κ1) is 17.4. The molecule has 0 saturated heterocycles. The molecule has 26 heavy (non-hydrogen) atoms. The van der Waals surface area contributed by atoms with Crippen molar-refractivity contribution in [3.05, 3.63) is 72.6 Å². The number of rotatable bonds is 6. The molecule has 1 heterocycles. The summed E-state index contributed by atoms with van der Waals surface area (Å²) in [5.74, 6) is 1.06. The lowest BCUT2D eigenvalue weighted by molar-refractivity contribution is 0.0601. The topological polar surface area (TPSA) is 67.4 Å². The van der Waals surface area contributed by atoms with Gasteiger partial charge in [0.05, 0.1) is 12.7 Å². The predicted molar refractivity (Wildman–Crippen MR) is 102 cm³/mol. The summed E-state index contributed by atoms with van der Waals surface area (Å²) in [6, 6.07) is 19.0. The smallest absolute Gasteiger partial charge is 0.337 e. The molecule has 3 rings (SSSR count). The number of ether oxygens (including phenoxy) is 1. The van der Waals surface area contributed by atoms with Crippen molar-refractivity contribution in [2.75, 3.05) is 23.9 Å². The van der Waals surface area contributed by atoms with Gasteiger partial charge >= 0.3 is 5.97 Å². The van der Waals surface area contributed by atoms with E-state index >= 15 is 0 Å². The molecule has 0 aliphatic heterocycles. The average Bonchev–Trinajstić information content (AvgIpc) is 2.69. The Balaban J connectivity index is 1.85. The lowest BCUT2D eigenvalue weighted by Crippen LogP contribution is -2.17. The first-order valence-corrected chi connectivity index (χ1v) is 8.31. The Labute approximate surface area is 152 Å². The van der Waals surface area contributed by atoms with E-state index in [1.807, 2.05) is 42.5 Å². The highest BCUT2D eigenvalue weighted by Gasteiger charge is 2.10. The number of esters is 1. The van der Waals surface area contributed by atoms with Crippen LogP contribution in [-0.4, -0.2) is 29.6 Å². The van der Waals surface area contributed by atoms with E-state index < -0.39 is 0 Å². The van der Waals surface area contributed by atoms with Gasteiger partial charge in [0, 0.05) is 24.0 Å². The fourth-order valence-electron chi connectivity index (χ4n) is 2.64. The Morgan fingerprint density at radius 1 is 1.08 bits per heavy atom. The molecule has 1 aromatic heterocycles. The third-order valence-corrected chi connectivity index (χ3v) is 3.87. The molecule has 0 bridgehead atoms. The van der Waals surface area contributed by atoms with Crippen molar-refractivity contribution in [2.45, 2.75) is 6.92 Å². The van der Waals surface area contributed by atoms with E-state index in [4.69, 9.17) is 4.74 Å². The zero-order valence-corrected chi connectivity index (χ0v) is 14.7. The Hall–Kier alpha value is -3.41.